The summed E-state index contributed by atoms with van der Waals surface area (Å²) in [5, 5.41) is 11.6. The number of aromatic nitrogens is 1. The molecule has 0 spiro atoms. The van der Waals surface area contributed by atoms with Crippen molar-refractivity contribution < 1.29 is 14.6 Å². The predicted octanol–water partition coefficient (Wildman–Crippen LogP) is 1.42. The zero-order chi connectivity index (χ0) is 12.4. The van der Waals surface area contributed by atoms with E-state index in [0.29, 0.717) is 13.2 Å². The maximum absolute atomic E-state index is 11.9. The van der Waals surface area contributed by atoms with E-state index in [4.69, 9.17) is 16.4 Å². The van der Waals surface area contributed by atoms with Crippen molar-refractivity contribution in [3.8, 4) is 0 Å². The molecule has 0 unspecified atom stereocenters. The quantitative estimate of drug-likeness (QED) is 0.454. The van der Waals surface area contributed by atoms with Crippen molar-refractivity contribution in [3.63, 3.8) is 0 Å². The van der Waals surface area contributed by atoms with Crippen LogP contribution in [0.2, 0.25) is 5.15 Å². The van der Waals surface area contributed by atoms with Crippen LogP contribution in [0.15, 0.2) is 12.3 Å². The molecule has 1 amide bonds. The van der Waals surface area contributed by atoms with E-state index in [2.05, 4.69) is 4.98 Å². The number of nitro groups is 1. The Bertz CT molecular complexity index is 473. The lowest BCUT2D eigenvalue weighted by Gasteiger charge is -2.13. The molecule has 2 heterocycles. The fourth-order valence-corrected chi connectivity index (χ4v) is 1.61. The van der Waals surface area contributed by atoms with Gasteiger partial charge >= 0.3 is 0 Å². The lowest BCUT2D eigenvalue weighted by molar-refractivity contribution is -0.385. The highest BCUT2D eigenvalue weighted by atomic mass is 35.5. The molecule has 1 fully saturated rings. The van der Waals surface area contributed by atoms with Crippen LogP contribution < -0.4 is 0 Å². The van der Waals surface area contributed by atoms with Gasteiger partial charge in [-0.15, -0.1) is 0 Å². The molecule has 0 atom stereocenters. The Kier molecular flexibility index (Phi) is 3.21. The van der Waals surface area contributed by atoms with Gasteiger partial charge < -0.3 is 0 Å². The van der Waals surface area contributed by atoms with Crippen LogP contribution in [0.5, 0.6) is 0 Å². The third-order valence-corrected chi connectivity index (χ3v) is 2.55. The normalized spacial score (nSPS) is 15.0. The minimum Gasteiger partial charge on any atom is -0.271 e. The second-order valence-corrected chi connectivity index (χ2v) is 3.74. The molecule has 2 rings (SSSR count). The fraction of sp³-hybridized carbons (Fsp3) is 0.333. The molecule has 1 aromatic rings. The Morgan fingerprint density at radius 2 is 2.41 bits per heavy atom. The maximum atomic E-state index is 11.9. The van der Waals surface area contributed by atoms with E-state index < -0.39 is 10.8 Å². The molecule has 1 aromatic heterocycles. The van der Waals surface area contributed by atoms with Gasteiger partial charge in [0.2, 0.25) is 0 Å². The molecule has 7 nitrogen and oxygen atoms in total. The molecule has 0 aliphatic carbocycles. The summed E-state index contributed by atoms with van der Waals surface area (Å²) in [6, 6.07) is 1.10. The van der Waals surface area contributed by atoms with E-state index in [0.717, 1.165) is 23.7 Å². The highest BCUT2D eigenvalue weighted by molar-refractivity contribution is 6.32. The van der Waals surface area contributed by atoms with Crippen molar-refractivity contribution in [2.45, 2.75) is 6.42 Å². The van der Waals surface area contributed by atoms with Crippen LogP contribution in [0.4, 0.5) is 5.69 Å². The molecular formula is C9H8ClN3O4. The van der Waals surface area contributed by atoms with Crippen LogP contribution >= 0.6 is 11.6 Å². The Balaban J connectivity index is 2.32. The molecule has 0 N–H and O–H groups in total. The third kappa shape index (κ3) is 2.34. The van der Waals surface area contributed by atoms with Crippen molar-refractivity contribution in [1.29, 1.82) is 0 Å². The number of hydroxylamine groups is 2. The summed E-state index contributed by atoms with van der Waals surface area (Å²) in [6.07, 6.45) is 1.73. The van der Waals surface area contributed by atoms with Crippen molar-refractivity contribution in [1.82, 2.24) is 10.0 Å². The Labute approximate surface area is 101 Å². The number of halogens is 1. The van der Waals surface area contributed by atoms with Crippen LogP contribution in [-0.2, 0) is 4.84 Å². The summed E-state index contributed by atoms with van der Waals surface area (Å²) in [6.45, 7) is 0.892. The second kappa shape index (κ2) is 4.64. The molecule has 1 aliphatic heterocycles. The lowest BCUT2D eigenvalue weighted by atomic mass is 10.2. The van der Waals surface area contributed by atoms with Gasteiger partial charge in [-0.2, -0.15) is 0 Å². The first-order valence-electron chi connectivity index (χ1n) is 4.84. The van der Waals surface area contributed by atoms with Crippen LogP contribution in [0.25, 0.3) is 0 Å². The number of pyridine rings is 1. The molecule has 1 aliphatic rings. The molecule has 0 aromatic carbocycles. The molecule has 1 saturated heterocycles. The predicted molar refractivity (Wildman–Crippen MR) is 57.5 cm³/mol. The first-order valence-corrected chi connectivity index (χ1v) is 5.22. The van der Waals surface area contributed by atoms with E-state index in [9.17, 15) is 14.9 Å². The molecule has 0 saturated carbocycles. The number of amides is 1. The first kappa shape index (κ1) is 11.7. The second-order valence-electron chi connectivity index (χ2n) is 3.38. The van der Waals surface area contributed by atoms with Gasteiger partial charge in [0.1, 0.15) is 11.3 Å². The average molecular weight is 258 g/mol. The summed E-state index contributed by atoms with van der Waals surface area (Å²) in [5.41, 5.74) is -0.306. The number of nitrogens with zero attached hydrogens (tertiary/aromatic N) is 3. The Hall–Kier alpha value is -1.73. The van der Waals surface area contributed by atoms with E-state index in [1.807, 2.05) is 0 Å². The number of rotatable bonds is 2. The minimum atomic E-state index is -0.634. The maximum Gasteiger partial charge on any atom is 0.288 e. The highest BCUT2D eigenvalue weighted by Crippen LogP contribution is 2.22. The van der Waals surface area contributed by atoms with Crippen LogP contribution in [0, 0.1) is 10.1 Å². The van der Waals surface area contributed by atoms with Gasteiger partial charge in [0.15, 0.2) is 0 Å². The Morgan fingerprint density at radius 1 is 1.65 bits per heavy atom. The zero-order valence-corrected chi connectivity index (χ0v) is 9.38. The fourth-order valence-electron chi connectivity index (χ4n) is 1.43. The smallest absolute Gasteiger partial charge is 0.271 e. The molecule has 90 valence electrons. The van der Waals surface area contributed by atoms with E-state index in [1.54, 1.807) is 0 Å². The van der Waals surface area contributed by atoms with E-state index in [1.165, 1.54) is 0 Å². The van der Waals surface area contributed by atoms with Crippen LogP contribution in [-0.4, -0.2) is 34.0 Å². The zero-order valence-electron chi connectivity index (χ0n) is 8.63. The first-order chi connectivity index (χ1) is 8.09. The summed E-state index contributed by atoms with van der Waals surface area (Å²) < 4.78 is 0. The van der Waals surface area contributed by atoms with Crippen molar-refractivity contribution in [3.05, 3.63) is 33.1 Å². The molecule has 0 radical (unpaired) electrons. The summed E-state index contributed by atoms with van der Waals surface area (Å²) in [7, 11) is 0. The van der Waals surface area contributed by atoms with Crippen LogP contribution in [0.1, 0.15) is 16.8 Å². The van der Waals surface area contributed by atoms with Gasteiger partial charge in [-0.3, -0.25) is 19.7 Å². The summed E-state index contributed by atoms with van der Waals surface area (Å²) >= 11 is 5.74. The van der Waals surface area contributed by atoms with Gasteiger partial charge in [0, 0.05) is 6.07 Å². The number of carbonyl (C=O) groups is 1. The number of hydrogen-bond donors (Lipinski definition) is 0. The number of carbonyl (C=O) groups excluding carboxylic acids is 1. The van der Waals surface area contributed by atoms with Crippen molar-refractivity contribution in [2.75, 3.05) is 13.2 Å². The van der Waals surface area contributed by atoms with E-state index >= 15 is 0 Å². The number of hydrogen-bond acceptors (Lipinski definition) is 5. The topological polar surface area (TPSA) is 85.6 Å². The van der Waals surface area contributed by atoms with Gasteiger partial charge in [-0.25, -0.2) is 10.0 Å². The average Bonchev–Trinajstić information content (AvgIpc) is 2.81. The van der Waals surface area contributed by atoms with E-state index in [-0.39, 0.29) is 16.4 Å². The van der Waals surface area contributed by atoms with Crippen molar-refractivity contribution in [2.24, 2.45) is 0 Å². The van der Waals surface area contributed by atoms with Crippen LogP contribution in [0.3, 0.4) is 0 Å². The minimum absolute atomic E-state index is 0.0252. The molecule has 8 heteroatoms. The largest absolute Gasteiger partial charge is 0.288 e. The standard InChI is InChI=1S/C9H8ClN3O4/c10-8-7(4-6(5-11-8)13(15)16)9(14)12-2-1-3-17-12/h4-5H,1-3H2. The molecule has 0 bridgehead atoms. The molecule has 17 heavy (non-hydrogen) atoms. The van der Waals surface area contributed by atoms with Gasteiger partial charge in [-0.1, -0.05) is 11.6 Å². The van der Waals surface area contributed by atoms with Gasteiger partial charge in [0.05, 0.1) is 23.6 Å². The molecular weight excluding hydrogens is 250 g/mol. The van der Waals surface area contributed by atoms with Crippen molar-refractivity contribution >= 4 is 23.2 Å². The monoisotopic (exact) mass is 257 g/mol. The highest BCUT2D eigenvalue weighted by Gasteiger charge is 2.25. The van der Waals surface area contributed by atoms with Gasteiger partial charge in [-0.05, 0) is 6.42 Å². The van der Waals surface area contributed by atoms with Gasteiger partial charge in [0.25, 0.3) is 11.6 Å². The Morgan fingerprint density at radius 3 is 3.00 bits per heavy atom. The third-order valence-electron chi connectivity index (χ3n) is 2.25. The summed E-state index contributed by atoms with van der Waals surface area (Å²) in [5.74, 6) is -0.510. The summed E-state index contributed by atoms with van der Waals surface area (Å²) in [4.78, 5) is 30.5. The lowest BCUT2D eigenvalue weighted by Crippen LogP contribution is -2.27. The SMILES string of the molecule is O=C(c1cc([N+](=O)[O-])cnc1Cl)N1CCCO1.